The molecule has 0 fully saturated rings. The highest BCUT2D eigenvalue weighted by molar-refractivity contribution is 7.90. The second-order valence-electron chi connectivity index (χ2n) is 13.1. The zero-order valence-corrected chi connectivity index (χ0v) is 29.2. The van der Waals surface area contributed by atoms with E-state index in [4.69, 9.17) is 0 Å². The molecular weight excluding hydrogens is 636 g/mol. The first-order valence-electron chi connectivity index (χ1n) is 16.6. The van der Waals surface area contributed by atoms with Gasteiger partial charge in [0.25, 0.3) is 11.8 Å². The second-order valence-corrected chi connectivity index (χ2v) is 15.2. The molecular formula is C37H47F2N3O5S. The zero-order valence-electron chi connectivity index (χ0n) is 28.4. The number of aliphatic hydroxyl groups is 1. The van der Waals surface area contributed by atoms with E-state index in [0.29, 0.717) is 29.8 Å². The van der Waals surface area contributed by atoms with Gasteiger partial charge in [-0.2, -0.15) is 0 Å². The van der Waals surface area contributed by atoms with Crippen LogP contribution in [0.4, 0.5) is 8.78 Å². The Bertz CT molecular complexity index is 1700. The Morgan fingerprint density at radius 3 is 2.23 bits per heavy atom. The van der Waals surface area contributed by atoms with Crippen molar-refractivity contribution in [2.45, 2.75) is 83.7 Å². The zero-order chi connectivity index (χ0) is 35.2. The molecule has 8 nitrogen and oxygen atoms in total. The number of fused-ring (bicyclic) bond motifs is 1. The van der Waals surface area contributed by atoms with Crippen molar-refractivity contribution in [3.8, 4) is 0 Å². The number of aryl methyl sites for hydroxylation is 1. The first kappa shape index (κ1) is 37.2. The fourth-order valence-corrected chi connectivity index (χ4v) is 7.89. The number of nitrogens with one attached hydrogen (secondary N) is 2. The average Bonchev–Trinajstić information content (AvgIpc) is 3.01. The van der Waals surface area contributed by atoms with Gasteiger partial charge in [0.15, 0.2) is 9.84 Å². The summed E-state index contributed by atoms with van der Waals surface area (Å²) in [4.78, 5) is 28.8. The Kier molecular flexibility index (Phi) is 12.5. The van der Waals surface area contributed by atoms with Gasteiger partial charge in [-0.3, -0.25) is 9.59 Å². The molecule has 11 heteroatoms. The first-order valence-corrected chi connectivity index (χ1v) is 18.4. The number of halogens is 2. The summed E-state index contributed by atoms with van der Waals surface area (Å²) in [6.07, 6.45) is 0.183. The summed E-state index contributed by atoms with van der Waals surface area (Å²) in [5, 5.41) is 17.5. The number of hydrogen-bond donors (Lipinski definition) is 3. The lowest BCUT2D eigenvalue weighted by Crippen LogP contribution is -2.50. The molecule has 1 aliphatic heterocycles. The topological polar surface area (TPSA) is 116 Å². The number of carbonyl (C=O) groups is 2. The summed E-state index contributed by atoms with van der Waals surface area (Å²) < 4.78 is 53.9. The van der Waals surface area contributed by atoms with E-state index in [1.807, 2.05) is 32.0 Å². The third-order valence-corrected chi connectivity index (χ3v) is 10.2. The van der Waals surface area contributed by atoms with E-state index in [1.165, 1.54) is 6.07 Å². The minimum atomic E-state index is -3.42. The van der Waals surface area contributed by atoms with E-state index in [1.54, 1.807) is 24.0 Å². The van der Waals surface area contributed by atoms with Crippen molar-refractivity contribution in [2.24, 2.45) is 0 Å². The standard InChI is InChI=1S/C37H47F2N3O5S/c1-6-10-42(11-7-2)37(45)29-13-24(5)12-28(17-29)36(44)41-33(16-25-14-30(38)19-31(39)15-25)35(43)20-40-34-22-48(46,47)21-27-9-8-26(23(3)4)18-32(27)34/h8-9,12-15,17-19,23,33-35,40,43H,6-7,10-11,16,20-22H2,1-5H3,(H,41,44)/t33-,34?,35+/m0/s1. The van der Waals surface area contributed by atoms with Crippen LogP contribution < -0.4 is 10.6 Å². The first-order chi connectivity index (χ1) is 22.7. The number of sulfone groups is 1. The van der Waals surface area contributed by atoms with Gasteiger partial charge in [-0.1, -0.05) is 45.9 Å². The molecule has 0 bridgehead atoms. The van der Waals surface area contributed by atoms with Crippen LogP contribution in [-0.2, 0) is 22.0 Å². The second kappa shape index (κ2) is 16.2. The number of nitrogens with zero attached hydrogens (tertiary/aromatic N) is 1. The normalized spacial score (nSPS) is 16.6. The summed E-state index contributed by atoms with van der Waals surface area (Å²) in [6.45, 7) is 10.9. The lowest BCUT2D eigenvalue weighted by atomic mass is 9.94. The maximum absolute atomic E-state index is 14.1. The van der Waals surface area contributed by atoms with Gasteiger partial charge < -0.3 is 20.6 Å². The van der Waals surface area contributed by atoms with Crippen LogP contribution in [-0.4, -0.2) is 67.8 Å². The van der Waals surface area contributed by atoms with Crippen LogP contribution in [0.2, 0.25) is 0 Å². The van der Waals surface area contributed by atoms with E-state index in [-0.39, 0.29) is 47.4 Å². The van der Waals surface area contributed by atoms with Crippen molar-refractivity contribution in [3.05, 3.63) is 105 Å². The molecule has 3 atom stereocenters. The highest BCUT2D eigenvalue weighted by atomic mass is 32.2. The number of rotatable bonds is 14. The number of benzene rings is 3. The number of amides is 2. The monoisotopic (exact) mass is 683 g/mol. The van der Waals surface area contributed by atoms with Gasteiger partial charge >= 0.3 is 0 Å². The van der Waals surface area contributed by atoms with Crippen molar-refractivity contribution in [2.75, 3.05) is 25.4 Å². The summed E-state index contributed by atoms with van der Waals surface area (Å²) in [5.74, 6) is -2.34. The predicted molar refractivity (Wildman–Crippen MR) is 184 cm³/mol. The molecule has 0 spiro atoms. The average molecular weight is 684 g/mol. The van der Waals surface area contributed by atoms with Crippen molar-refractivity contribution in [1.82, 2.24) is 15.5 Å². The highest BCUT2D eigenvalue weighted by Crippen LogP contribution is 2.31. The van der Waals surface area contributed by atoms with Gasteiger partial charge in [0.2, 0.25) is 0 Å². The molecule has 260 valence electrons. The fraction of sp³-hybridized carbons (Fsp3) is 0.459. The van der Waals surface area contributed by atoms with Crippen LogP contribution in [0.1, 0.15) is 101 Å². The van der Waals surface area contributed by atoms with Crippen LogP contribution >= 0.6 is 0 Å². The molecule has 1 heterocycles. The lowest BCUT2D eigenvalue weighted by molar-refractivity contribution is 0.0755. The van der Waals surface area contributed by atoms with Crippen LogP contribution in [0.5, 0.6) is 0 Å². The molecule has 0 aliphatic carbocycles. The molecule has 1 unspecified atom stereocenters. The van der Waals surface area contributed by atoms with Crippen LogP contribution in [0.3, 0.4) is 0 Å². The molecule has 3 aromatic rings. The van der Waals surface area contributed by atoms with Gasteiger partial charge in [-0.25, -0.2) is 17.2 Å². The maximum Gasteiger partial charge on any atom is 0.253 e. The molecule has 0 saturated carbocycles. The predicted octanol–water partition coefficient (Wildman–Crippen LogP) is 5.62. The summed E-state index contributed by atoms with van der Waals surface area (Å²) in [5.41, 5.74) is 4.08. The molecule has 48 heavy (non-hydrogen) atoms. The third-order valence-electron chi connectivity index (χ3n) is 8.60. The molecule has 0 radical (unpaired) electrons. The van der Waals surface area contributed by atoms with Crippen LogP contribution in [0.25, 0.3) is 0 Å². The summed E-state index contributed by atoms with van der Waals surface area (Å²) in [7, 11) is -3.42. The van der Waals surface area contributed by atoms with E-state index in [9.17, 15) is 31.9 Å². The minimum Gasteiger partial charge on any atom is -0.390 e. The van der Waals surface area contributed by atoms with Gasteiger partial charge in [-0.05, 0) is 90.3 Å². The van der Waals surface area contributed by atoms with Gasteiger partial charge in [0.1, 0.15) is 11.6 Å². The Morgan fingerprint density at radius 1 is 0.958 bits per heavy atom. The molecule has 2 amide bonds. The van der Waals surface area contributed by atoms with E-state index >= 15 is 0 Å². The van der Waals surface area contributed by atoms with Gasteiger partial charge in [0.05, 0.1) is 23.7 Å². The smallest absolute Gasteiger partial charge is 0.253 e. The molecule has 0 aromatic heterocycles. The quantitative estimate of drug-likeness (QED) is 0.203. The summed E-state index contributed by atoms with van der Waals surface area (Å²) >= 11 is 0. The Labute approximate surface area is 282 Å². The Hall–Kier alpha value is -3.67. The van der Waals surface area contributed by atoms with Crippen LogP contribution in [0, 0.1) is 18.6 Å². The van der Waals surface area contributed by atoms with Gasteiger partial charge in [0, 0.05) is 42.9 Å². The fourth-order valence-electron chi connectivity index (χ4n) is 6.23. The molecule has 1 aliphatic rings. The number of aliphatic hydroxyl groups excluding tert-OH is 1. The molecule has 0 saturated heterocycles. The lowest BCUT2D eigenvalue weighted by Gasteiger charge is -2.30. The Morgan fingerprint density at radius 2 is 1.60 bits per heavy atom. The Balaban J connectivity index is 1.60. The number of carbonyl (C=O) groups excluding carboxylic acids is 2. The highest BCUT2D eigenvalue weighted by Gasteiger charge is 2.32. The van der Waals surface area contributed by atoms with Gasteiger partial charge in [-0.15, -0.1) is 0 Å². The molecule has 4 rings (SSSR count). The SMILES string of the molecule is CCCN(CCC)C(=O)c1cc(C)cc(C(=O)N[C@@H](Cc2cc(F)cc(F)c2)[C@H](O)CNC2CS(=O)(=O)Cc3ccc(C(C)C)cc32)c1. The van der Waals surface area contributed by atoms with E-state index in [2.05, 4.69) is 24.5 Å². The molecule has 3 aromatic carbocycles. The van der Waals surface area contributed by atoms with Crippen molar-refractivity contribution >= 4 is 21.7 Å². The largest absolute Gasteiger partial charge is 0.390 e. The van der Waals surface area contributed by atoms with Crippen LogP contribution in [0.15, 0.2) is 54.6 Å². The van der Waals surface area contributed by atoms with E-state index in [0.717, 1.165) is 42.2 Å². The number of hydrogen-bond acceptors (Lipinski definition) is 6. The minimum absolute atomic E-state index is 0.0686. The van der Waals surface area contributed by atoms with Crippen molar-refractivity contribution in [3.63, 3.8) is 0 Å². The van der Waals surface area contributed by atoms with E-state index < -0.39 is 45.6 Å². The maximum atomic E-state index is 14.1. The third kappa shape index (κ3) is 9.70. The van der Waals surface area contributed by atoms with Crippen molar-refractivity contribution in [1.29, 1.82) is 0 Å². The van der Waals surface area contributed by atoms with Crippen molar-refractivity contribution < 1.29 is 31.9 Å². The summed E-state index contributed by atoms with van der Waals surface area (Å²) in [6, 6.07) is 12.0. The molecule has 3 N–H and O–H groups in total.